The summed E-state index contributed by atoms with van der Waals surface area (Å²) in [7, 11) is 5.58. The Bertz CT molecular complexity index is 84.3. The van der Waals surface area contributed by atoms with E-state index in [0.717, 1.165) is 6.54 Å². The van der Waals surface area contributed by atoms with Crippen LogP contribution in [0.5, 0.6) is 0 Å². The lowest BCUT2D eigenvalue weighted by atomic mass is 10.6. The number of rotatable bonds is 4. The highest BCUT2D eigenvalue weighted by atomic mass is 16.3. The Labute approximate surface area is 55.4 Å². The van der Waals surface area contributed by atoms with Gasteiger partial charge in [0.1, 0.15) is 0 Å². The standard InChI is InChI=1S/C5H13N3O/c1-7(2)4-5-8(3)6-9/h4-5H2,1-3H3. The zero-order valence-electron chi connectivity index (χ0n) is 6.16. The quantitative estimate of drug-likeness (QED) is 0.403. The summed E-state index contributed by atoms with van der Waals surface area (Å²) in [5.74, 6) is 0. The van der Waals surface area contributed by atoms with Crippen molar-refractivity contribution in [3.8, 4) is 0 Å². The van der Waals surface area contributed by atoms with Crippen molar-refractivity contribution in [2.75, 3.05) is 34.2 Å². The first kappa shape index (κ1) is 8.36. The van der Waals surface area contributed by atoms with Crippen molar-refractivity contribution < 1.29 is 0 Å². The molecule has 0 aromatic carbocycles. The van der Waals surface area contributed by atoms with Gasteiger partial charge in [-0.1, -0.05) is 0 Å². The van der Waals surface area contributed by atoms with Gasteiger partial charge in [0.25, 0.3) is 0 Å². The van der Waals surface area contributed by atoms with Crippen molar-refractivity contribution in [3.05, 3.63) is 4.91 Å². The molecule has 0 unspecified atom stereocenters. The van der Waals surface area contributed by atoms with Crippen molar-refractivity contribution in [1.82, 2.24) is 9.91 Å². The monoisotopic (exact) mass is 131 g/mol. The SMILES string of the molecule is CN(C)CCN(C)N=O. The maximum absolute atomic E-state index is 9.77. The number of hydrogen-bond donors (Lipinski definition) is 0. The number of hydrogen-bond acceptors (Lipinski definition) is 3. The lowest BCUT2D eigenvalue weighted by molar-refractivity contribution is 0.289. The van der Waals surface area contributed by atoms with Crippen LogP contribution in [-0.4, -0.2) is 44.1 Å². The molecule has 0 saturated heterocycles. The molecule has 9 heavy (non-hydrogen) atoms. The zero-order chi connectivity index (χ0) is 7.28. The fourth-order valence-electron chi connectivity index (χ4n) is 0.386. The second-order valence-electron chi connectivity index (χ2n) is 2.27. The summed E-state index contributed by atoms with van der Waals surface area (Å²) in [6.45, 7) is 1.55. The summed E-state index contributed by atoms with van der Waals surface area (Å²) in [5, 5.41) is 4.09. The summed E-state index contributed by atoms with van der Waals surface area (Å²) in [5.41, 5.74) is 0. The molecule has 54 valence electrons. The molecule has 0 rings (SSSR count). The molecular formula is C5H13N3O. The van der Waals surface area contributed by atoms with Gasteiger partial charge in [0, 0.05) is 13.6 Å². The van der Waals surface area contributed by atoms with E-state index in [2.05, 4.69) is 5.29 Å². The summed E-state index contributed by atoms with van der Waals surface area (Å²) in [6.07, 6.45) is 0. The minimum absolute atomic E-state index is 0.691. The average molecular weight is 131 g/mol. The Morgan fingerprint density at radius 1 is 1.22 bits per heavy atom. The minimum Gasteiger partial charge on any atom is -0.308 e. The molecule has 0 heterocycles. The lowest BCUT2D eigenvalue weighted by Gasteiger charge is -2.12. The van der Waals surface area contributed by atoms with E-state index < -0.39 is 0 Å². The van der Waals surface area contributed by atoms with Gasteiger partial charge in [0.15, 0.2) is 0 Å². The Morgan fingerprint density at radius 3 is 2.11 bits per heavy atom. The predicted molar refractivity (Wildman–Crippen MR) is 37.0 cm³/mol. The summed E-state index contributed by atoms with van der Waals surface area (Å²) in [4.78, 5) is 11.8. The molecule has 0 amide bonds. The van der Waals surface area contributed by atoms with Crippen molar-refractivity contribution in [2.24, 2.45) is 5.29 Å². The molecule has 0 N–H and O–H groups in total. The van der Waals surface area contributed by atoms with E-state index in [1.807, 2.05) is 19.0 Å². The van der Waals surface area contributed by atoms with Gasteiger partial charge in [-0.3, -0.25) is 5.01 Å². The van der Waals surface area contributed by atoms with Crippen molar-refractivity contribution in [2.45, 2.75) is 0 Å². The first-order chi connectivity index (χ1) is 4.16. The Morgan fingerprint density at radius 2 is 1.78 bits per heavy atom. The molecule has 0 radical (unpaired) electrons. The molecule has 0 aromatic rings. The highest BCUT2D eigenvalue weighted by molar-refractivity contribution is 4.46. The molecule has 0 saturated carbocycles. The van der Waals surface area contributed by atoms with E-state index in [9.17, 15) is 4.91 Å². The Balaban J connectivity index is 3.16. The molecule has 0 aromatic heterocycles. The smallest absolute Gasteiger partial charge is 0.0521 e. The molecule has 4 nitrogen and oxygen atoms in total. The maximum atomic E-state index is 9.77. The van der Waals surface area contributed by atoms with Crippen LogP contribution in [-0.2, 0) is 0 Å². The largest absolute Gasteiger partial charge is 0.308 e. The van der Waals surface area contributed by atoms with Gasteiger partial charge >= 0.3 is 0 Å². The van der Waals surface area contributed by atoms with Crippen molar-refractivity contribution in [3.63, 3.8) is 0 Å². The van der Waals surface area contributed by atoms with Crippen LogP contribution in [0.2, 0.25) is 0 Å². The van der Waals surface area contributed by atoms with E-state index in [0.29, 0.717) is 6.54 Å². The molecule has 0 bridgehead atoms. The fraction of sp³-hybridized carbons (Fsp3) is 1.00. The van der Waals surface area contributed by atoms with Crippen LogP contribution in [0.1, 0.15) is 0 Å². The van der Waals surface area contributed by atoms with Gasteiger partial charge in [-0.15, -0.1) is 4.91 Å². The molecule has 0 atom stereocenters. The maximum Gasteiger partial charge on any atom is 0.0521 e. The summed E-state index contributed by atoms with van der Waals surface area (Å²) >= 11 is 0. The number of likely N-dealkylation sites (N-methyl/N-ethyl adjacent to an activating group) is 2. The molecule has 4 heteroatoms. The second-order valence-corrected chi connectivity index (χ2v) is 2.27. The van der Waals surface area contributed by atoms with Crippen LogP contribution in [0.25, 0.3) is 0 Å². The Hall–Kier alpha value is -0.640. The van der Waals surface area contributed by atoms with Crippen LogP contribution in [0.3, 0.4) is 0 Å². The van der Waals surface area contributed by atoms with Gasteiger partial charge in [0.2, 0.25) is 0 Å². The third kappa shape index (κ3) is 5.23. The van der Waals surface area contributed by atoms with Gasteiger partial charge in [0.05, 0.1) is 11.8 Å². The second kappa shape index (κ2) is 4.26. The van der Waals surface area contributed by atoms with Crippen molar-refractivity contribution in [1.29, 1.82) is 0 Å². The first-order valence-electron chi connectivity index (χ1n) is 2.86. The molecule has 0 aliphatic rings. The van der Waals surface area contributed by atoms with Crippen LogP contribution in [0, 0.1) is 4.91 Å². The molecule has 0 aliphatic carbocycles. The highest BCUT2D eigenvalue weighted by Crippen LogP contribution is 1.81. The molecule has 0 aliphatic heterocycles. The van der Waals surface area contributed by atoms with E-state index in [-0.39, 0.29) is 0 Å². The zero-order valence-corrected chi connectivity index (χ0v) is 6.16. The third-order valence-electron chi connectivity index (χ3n) is 1.01. The minimum atomic E-state index is 0.691. The third-order valence-corrected chi connectivity index (χ3v) is 1.01. The van der Waals surface area contributed by atoms with E-state index in [1.54, 1.807) is 7.05 Å². The van der Waals surface area contributed by atoms with Crippen molar-refractivity contribution >= 4 is 0 Å². The predicted octanol–water partition coefficient (Wildman–Crippen LogP) is 0.161. The van der Waals surface area contributed by atoms with Crippen LogP contribution < -0.4 is 0 Å². The van der Waals surface area contributed by atoms with Crippen LogP contribution in [0.15, 0.2) is 5.29 Å². The summed E-state index contributed by atoms with van der Waals surface area (Å²) in [6, 6.07) is 0. The topological polar surface area (TPSA) is 35.9 Å². The number of nitrogens with zero attached hydrogens (tertiary/aromatic N) is 3. The average Bonchev–Trinajstić information content (AvgIpc) is 1.83. The van der Waals surface area contributed by atoms with Crippen LogP contribution in [0.4, 0.5) is 0 Å². The van der Waals surface area contributed by atoms with Gasteiger partial charge in [-0.2, -0.15) is 0 Å². The molecule has 0 fully saturated rings. The fourth-order valence-corrected chi connectivity index (χ4v) is 0.386. The Kier molecular flexibility index (Phi) is 3.96. The summed E-state index contributed by atoms with van der Waals surface area (Å²) < 4.78 is 0. The van der Waals surface area contributed by atoms with Gasteiger partial charge < -0.3 is 4.90 Å². The highest BCUT2D eigenvalue weighted by Gasteiger charge is 1.93. The molecule has 0 spiro atoms. The van der Waals surface area contributed by atoms with E-state index in [1.165, 1.54) is 5.01 Å². The van der Waals surface area contributed by atoms with Crippen LogP contribution >= 0.6 is 0 Å². The lowest BCUT2D eigenvalue weighted by Crippen LogP contribution is -2.24. The normalized spacial score (nSPS) is 9.78. The first-order valence-corrected chi connectivity index (χ1v) is 2.86. The molecular weight excluding hydrogens is 118 g/mol. The number of nitroso groups, excluding NO2 is 1. The van der Waals surface area contributed by atoms with Gasteiger partial charge in [-0.25, -0.2) is 0 Å². The van der Waals surface area contributed by atoms with Gasteiger partial charge in [-0.05, 0) is 14.1 Å². The van der Waals surface area contributed by atoms with E-state index >= 15 is 0 Å². The van der Waals surface area contributed by atoms with E-state index in [4.69, 9.17) is 0 Å².